The van der Waals surface area contributed by atoms with Crippen LogP contribution in [0.25, 0.3) is 11.1 Å². The molecule has 0 heterocycles. The third kappa shape index (κ3) is 2.62. The molecule has 0 aliphatic carbocycles. The first-order valence-corrected chi connectivity index (χ1v) is 5.39. The lowest BCUT2D eigenvalue weighted by Gasteiger charge is -2.09. The van der Waals surface area contributed by atoms with Crippen molar-refractivity contribution in [3.8, 4) is 17.2 Å². The van der Waals surface area contributed by atoms with E-state index in [1.165, 1.54) is 0 Å². The molecule has 0 aliphatic heterocycles. The fraction of sp³-hybridized carbons (Fsp3) is 0.0714. The van der Waals surface area contributed by atoms with Gasteiger partial charge in [0.15, 0.2) is 11.6 Å². The third-order valence-corrected chi connectivity index (χ3v) is 2.70. The minimum atomic E-state index is -4.48. The van der Waals surface area contributed by atoms with E-state index in [0.717, 1.165) is 30.3 Å². The predicted octanol–water partition coefficient (Wildman–Crippen LogP) is 4.52. The zero-order valence-electron chi connectivity index (χ0n) is 9.80. The quantitative estimate of drug-likeness (QED) is 0.706. The second kappa shape index (κ2) is 4.93. The van der Waals surface area contributed by atoms with Crippen LogP contribution < -0.4 is 0 Å². The van der Waals surface area contributed by atoms with Gasteiger partial charge in [-0.3, -0.25) is 0 Å². The van der Waals surface area contributed by atoms with Crippen LogP contribution in [0.1, 0.15) is 11.1 Å². The Morgan fingerprint density at radius 2 is 1.45 bits per heavy atom. The average molecular weight is 283 g/mol. The first-order chi connectivity index (χ1) is 9.32. The molecule has 0 radical (unpaired) electrons. The normalized spacial score (nSPS) is 11.2. The molecule has 1 nitrogen and oxygen atoms in total. The number of nitriles is 1. The number of hydrogen-bond donors (Lipinski definition) is 0. The molecular weight excluding hydrogens is 277 g/mol. The fourth-order valence-corrected chi connectivity index (χ4v) is 1.72. The first-order valence-electron chi connectivity index (χ1n) is 5.39. The van der Waals surface area contributed by atoms with Crippen molar-refractivity contribution in [1.82, 2.24) is 0 Å². The Labute approximate surface area is 110 Å². The number of hydrogen-bond acceptors (Lipinski definition) is 1. The summed E-state index contributed by atoms with van der Waals surface area (Å²) in [6.45, 7) is 0. The van der Waals surface area contributed by atoms with Crippen LogP contribution in [-0.4, -0.2) is 0 Å². The van der Waals surface area contributed by atoms with Crippen LogP contribution in [0.2, 0.25) is 0 Å². The molecule has 0 aliphatic rings. The van der Waals surface area contributed by atoms with Crippen molar-refractivity contribution in [2.24, 2.45) is 0 Å². The van der Waals surface area contributed by atoms with Crippen LogP contribution in [-0.2, 0) is 6.18 Å². The van der Waals surface area contributed by atoms with Crippen LogP contribution in [0.4, 0.5) is 22.0 Å². The number of rotatable bonds is 1. The molecule has 2 rings (SSSR count). The summed E-state index contributed by atoms with van der Waals surface area (Å²) in [5.74, 6) is -2.35. The zero-order valence-corrected chi connectivity index (χ0v) is 9.80. The summed E-state index contributed by atoms with van der Waals surface area (Å²) >= 11 is 0. The first kappa shape index (κ1) is 14.0. The van der Waals surface area contributed by atoms with E-state index in [9.17, 15) is 22.0 Å². The molecule has 102 valence electrons. The maximum atomic E-state index is 13.2. The summed E-state index contributed by atoms with van der Waals surface area (Å²) in [5, 5.41) is 8.86. The van der Waals surface area contributed by atoms with E-state index in [1.807, 2.05) is 0 Å². The molecule has 0 amide bonds. The molecule has 0 saturated carbocycles. The van der Waals surface area contributed by atoms with Gasteiger partial charge in [-0.1, -0.05) is 12.1 Å². The van der Waals surface area contributed by atoms with E-state index < -0.39 is 23.4 Å². The molecule has 0 fully saturated rings. The van der Waals surface area contributed by atoms with Gasteiger partial charge in [-0.25, -0.2) is 8.78 Å². The van der Waals surface area contributed by atoms with Crippen molar-refractivity contribution in [1.29, 1.82) is 5.26 Å². The highest BCUT2D eigenvalue weighted by Crippen LogP contribution is 2.32. The van der Waals surface area contributed by atoms with Crippen molar-refractivity contribution >= 4 is 0 Å². The van der Waals surface area contributed by atoms with E-state index in [4.69, 9.17) is 5.26 Å². The number of halogens is 5. The summed E-state index contributed by atoms with van der Waals surface area (Å²) in [6.07, 6.45) is -4.48. The molecule has 0 unspecified atom stereocenters. The van der Waals surface area contributed by atoms with E-state index in [1.54, 1.807) is 6.07 Å². The molecule has 0 atom stereocenters. The van der Waals surface area contributed by atoms with Crippen molar-refractivity contribution < 1.29 is 22.0 Å². The molecule has 2 aromatic rings. The van der Waals surface area contributed by atoms with Gasteiger partial charge in [0.05, 0.1) is 17.2 Å². The van der Waals surface area contributed by atoms with Crippen molar-refractivity contribution in [3.05, 3.63) is 59.2 Å². The van der Waals surface area contributed by atoms with Gasteiger partial charge in [-0.2, -0.15) is 18.4 Å². The Bertz CT molecular complexity index is 680. The highest BCUT2D eigenvalue weighted by molar-refractivity contribution is 5.70. The third-order valence-electron chi connectivity index (χ3n) is 2.70. The summed E-state index contributed by atoms with van der Waals surface area (Å²) in [7, 11) is 0. The van der Waals surface area contributed by atoms with Crippen LogP contribution in [0, 0.1) is 23.0 Å². The van der Waals surface area contributed by atoms with Gasteiger partial charge in [0, 0.05) is 5.56 Å². The smallest absolute Gasteiger partial charge is 0.204 e. The van der Waals surface area contributed by atoms with Gasteiger partial charge in [0.25, 0.3) is 0 Å². The van der Waals surface area contributed by atoms with Gasteiger partial charge in [-0.15, -0.1) is 0 Å². The Morgan fingerprint density at radius 3 is 1.95 bits per heavy atom. The minimum absolute atomic E-state index is 0.0418. The molecule has 0 aromatic heterocycles. The van der Waals surface area contributed by atoms with Gasteiger partial charge in [-0.05, 0) is 29.8 Å². The summed E-state index contributed by atoms with van der Waals surface area (Å²) < 4.78 is 63.5. The van der Waals surface area contributed by atoms with Crippen LogP contribution in [0.3, 0.4) is 0 Å². The maximum Gasteiger partial charge on any atom is 0.416 e. The standard InChI is InChI=1S/C14H6F5N/c15-12-5-9(7-20)11(6-13(12)16)8-1-3-10(4-2-8)14(17,18)19/h1-6H. The molecule has 0 spiro atoms. The molecular formula is C14H6F5N. The lowest BCUT2D eigenvalue weighted by atomic mass is 9.99. The van der Waals surface area contributed by atoms with Crippen LogP contribution in [0.5, 0.6) is 0 Å². The number of alkyl halides is 3. The van der Waals surface area contributed by atoms with Gasteiger partial charge in [0.1, 0.15) is 0 Å². The van der Waals surface area contributed by atoms with Crippen LogP contribution in [0.15, 0.2) is 36.4 Å². The SMILES string of the molecule is N#Cc1cc(F)c(F)cc1-c1ccc(C(F)(F)F)cc1. The highest BCUT2D eigenvalue weighted by atomic mass is 19.4. The summed E-state index contributed by atoms with van der Waals surface area (Å²) in [5.41, 5.74) is -0.764. The van der Waals surface area contributed by atoms with E-state index in [2.05, 4.69) is 0 Å². The molecule has 6 heteroatoms. The summed E-state index contributed by atoms with van der Waals surface area (Å²) in [6, 6.07) is 7.03. The monoisotopic (exact) mass is 283 g/mol. The average Bonchev–Trinajstić information content (AvgIpc) is 2.40. The molecule has 0 bridgehead atoms. The second-order valence-electron chi connectivity index (χ2n) is 4.00. The second-order valence-corrected chi connectivity index (χ2v) is 4.00. The van der Waals surface area contributed by atoms with Gasteiger partial charge < -0.3 is 0 Å². The van der Waals surface area contributed by atoms with E-state index in [0.29, 0.717) is 6.07 Å². The lowest BCUT2D eigenvalue weighted by molar-refractivity contribution is -0.137. The Morgan fingerprint density at radius 1 is 0.900 bits per heavy atom. The predicted molar refractivity (Wildman–Crippen MR) is 61.5 cm³/mol. The van der Waals surface area contributed by atoms with E-state index in [-0.39, 0.29) is 16.7 Å². The van der Waals surface area contributed by atoms with Crippen molar-refractivity contribution in [3.63, 3.8) is 0 Å². The lowest BCUT2D eigenvalue weighted by Crippen LogP contribution is -2.04. The summed E-state index contributed by atoms with van der Waals surface area (Å²) in [4.78, 5) is 0. The number of nitrogens with zero attached hydrogens (tertiary/aromatic N) is 1. The van der Waals surface area contributed by atoms with Gasteiger partial charge >= 0.3 is 6.18 Å². The van der Waals surface area contributed by atoms with Crippen molar-refractivity contribution in [2.45, 2.75) is 6.18 Å². The molecule has 0 saturated heterocycles. The zero-order chi connectivity index (χ0) is 14.9. The molecule has 0 N–H and O–H groups in total. The number of benzene rings is 2. The molecule has 2 aromatic carbocycles. The minimum Gasteiger partial charge on any atom is -0.204 e. The van der Waals surface area contributed by atoms with E-state index >= 15 is 0 Å². The Hall–Kier alpha value is -2.42. The Balaban J connectivity index is 2.53. The highest BCUT2D eigenvalue weighted by Gasteiger charge is 2.30. The Kier molecular flexibility index (Phi) is 3.45. The molecule has 20 heavy (non-hydrogen) atoms. The van der Waals surface area contributed by atoms with Gasteiger partial charge in [0.2, 0.25) is 0 Å². The topological polar surface area (TPSA) is 23.8 Å². The maximum absolute atomic E-state index is 13.2. The fourth-order valence-electron chi connectivity index (χ4n) is 1.72. The van der Waals surface area contributed by atoms with Crippen molar-refractivity contribution in [2.75, 3.05) is 0 Å². The largest absolute Gasteiger partial charge is 0.416 e. The van der Waals surface area contributed by atoms with Crippen LogP contribution >= 0.6 is 0 Å².